The van der Waals surface area contributed by atoms with Gasteiger partial charge in [0.2, 0.25) is 0 Å². The molecule has 0 fully saturated rings. The van der Waals surface area contributed by atoms with Crippen molar-refractivity contribution in [2.24, 2.45) is 0 Å². The molecule has 0 radical (unpaired) electrons. The smallest absolute Gasteiger partial charge is 0.196 e. The fraction of sp³-hybridized carbons (Fsp3) is 0.286. The van der Waals surface area contributed by atoms with Crippen molar-refractivity contribution in [2.45, 2.75) is 20.4 Å². The summed E-state index contributed by atoms with van der Waals surface area (Å²) in [7, 11) is 3.97. The van der Waals surface area contributed by atoms with Gasteiger partial charge in [-0.1, -0.05) is 30.3 Å². The second-order valence-corrected chi connectivity index (χ2v) is 6.34. The zero-order chi connectivity index (χ0) is 18.0. The molecular formula is C21H23NO3. The fourth-order valence-electron chi connectivity index (χ4n) is 3.01. The third-order valence-electron chi connectivity index (χ3n) is 4.16. The van der Waals surface area contributed by atoms with Gasteiger partial charge in [0.05, 0.1) is 17.6 Å². The Morgan fingerprint density at radius 2 is 1.80 bits per heavy atom. The van der Waals surface area contributed by atoms with Crippen LogP contribution in [0.1, 0.15) is 18.1 Å². The molecule has 0 saturated carbocycles. The lowest BCUT2D eigenvalue weighted by Crippen LogP contribution is -2.14. The standard InChI is InChI=1S/C21H23NO3/c1-5-24-18-12-11-16-19(23)14(2)20(15-9-7-6-8-10-15)25-21(16)17(18)13-22(3)4/h6-12H,5,13H2,1-4H3. The molecule has 0 aliphatic heterocycles. The van der Waals surface area contributed by atoms with Crippen LogP contribution >= 0.6 is 0 Å². The average Bonchev–Trinajstić information content (AvgIpc) is 2.60. The maximum atomic E-state index is 12.9. The molecule has 0 atom stereocenters. The lowest BCUT2D eigenvalue weighted by molar-refractivity contribution is 0.324. The highest BCUT2D eigenvalue weighted by Gasteiger charge is 2.18. The summed E-state index contributed by atoms with van der Waals surface area (Å²) in [5.74, 6) is 1.38. The van der Waals surface area contributed by atoms with E-state index in [4.69, 9.17) is 9.15 Å². The van der Waals surface area contributed by atoms with Gasteiger partial charge in [0.25, 0.3) is 0 Å². The van der Waals surface area contributed by atoms with Crippen LogP contribution in [0.4, 0.5) is 0 Å². The van der Waals surface area contributed by atoms with Crippen LogP contribution in [-0.2, 0) is 6.54 Å². The van der Waals surface area contributed by atoms with E-state index in [2.05, 4.69) is 0 Å². The minimum Gasteiger partial charge on any atom is -0.493 e. The highest BCUT2D eigenvalue weighted by atomic mass is 16.5. The summed E-state index contributed by atoms with van der Waals surface area (Å²) in [5, 5.41) is 0.595. The summed E-state index contributed by atoms with van der Waals surface area (Å²) in [4.78, 5) is 15.0. The van der Waals surface area contributed by atoms with Gasteiger partial charge in [0.1, 0.15) is 17.1 Å². The van der Waals surface area contributed by atoms with Crippen LogP contribution in [-0.4, -0.2) is 25.6 Å². The SMILES string of the molecule is CCOc1ccc2c(=O)c(C)c(-c3ccccc3)oc2c1CN(C)C. The minimum atomic E-state index is 0.00292. The van der Waals surface area contributed by atoms with Crippen LogP contribution in [0.15, 0.2) is 51.7 Å². The number of hydrogen-bond donors (Lipinski definition) is 0. The Balaban J connectivity index is 2.34. The van der Waals surface area contributed by atoms with Crippen molar-refractivity contribution in [3.63, 3.8) is 0 Å². The largest absolute Gasteiger partial charge is 0.493 e. The van der Waals surface area contributed by atoms with Crippen LogP contribution in [0.2, 0.25) is 0 Å². The number of fused-ring (bicyclic) bond motifs is 1. The Hall–Kier alpha value is -2.59. The summed E-state index contributed by atoms with van der Waals surface area (Å²) >= 11 is 0. The van der Waals surface area contributed by atoms with E-state index in [1.165, 1.54) is 0 Å². The van der Waals surface area contributed by atoms with Gasteiger partial charge in [0, 0.05) is 17.7 Å². The molecule has 0 spiro atoms. The third kappa shape index (κ3) is 3.30. The summed E-state index contributed by atoms with van der Waals surface area (Å²) in [6, 6.07) is 13.4. The Kier molecular flexibility index (Phi) is 4.91. The van der Waals surface area contributed by atoms with E-state index in [1.54, 1.807) is 6.07 Å². The van der Waals surface area contributed by atoms with Crippen LogP contribution < -0.4 is 10.2 Å². The molecule has 4 heteroatoms. The number of nitrogens with zero attached hydrogens (tertiary/aromatic N) is 1. The normalized spacial score (nSPS) is 11.2. The van der Waals surface area contributed by atoms with E-state index in [1.807, 2.05) is 69.2 Å². The first-order valence-corrected chi connectivity index (χ1v) is 8.45. The molecule has 0 N–H and O–H groups in total. The van der Waals surface area contributed by atoms with Crippen LogP contribution in [0.3, 0.4) is 0 Å². The maximum absolute atomic E-state index is 12.9. The van der Waals surface area contributed by atoms with E-state index >= 15 is 0 Å². The van der Waals surface area contributed by atoms with Gasteiger partial charge in [-0.25, -0.2) is 0 Å². The summed E-state index contributed by atoms with van der Waals surface area (Å²) in [6.07, 6.45) is 0. The fourth-order valence-corrected chi connectivity index (χ4v) is 3.01. The number of hydrogen-bond acceptors (Lipinski definition) is 4. The van der Waals surface area contributed by atoms with Crippen molar-refractivity contribution >= 4 is 11.0 Å². The molecule has 3 aromatic rings. The Bertz CT molecular complexity index is 943. The quantitative estimate of drug-likeness (QED) is 0.699. The average molecular weight is 337 g/mol. The molecule has 0 amide bonds. The molecule has 0 aliphatic carbocycles. The van der Waals surface area contributed by atoms with Crippen molar-refractivity contribution in [3.05, 3.63) is 63.8 Å². The first-order valence-electron chi connectivity index (χ1n) is 8.45. The Labute approximate surface area is 147 Å². The monoisotopic (exact) mass is 337 g/mol. The van der Waals surface area contributed by atoms with Crippen molar-refractivity contribution in [1.29, 1.82) is 0 Å². The van der Waals surface area contributed by atoms with Gasteiger partial charge in [-0.3, -0.25) is 4.79 Å². The third-order valence-corrected chi connectivity index (χ3v) is 4.16. The topological polar surface area (TPSA) is 42.7 Å². The van der Waals surface area contributed by atoms with E-state index in [9.17, 15) is 4.79 Å². The molecule has 130 valence electrons. The molecule has 0 saturated heterocycles. The number of benzene rings is 2. The predicted molar refractivity (Wildman–Crippen MR) is 101 cm³/mol. The highest BCUT2D eigenvalue weighted by molar-refractivity contribution is 5.85. The van der Waals surface area contributed by atoms with Gasteiger partial charge >= 0.3 is 0 Å². The van der Waals surface area contributed by atoms with E-state index in [0.29, 0.717) is 35.4 Å². The zero-order valence-corrected chi connectivity index (χ0v) is 15.1. The van der Waals surface area contributed by atoms with Crippen molar-refractivity contribution in [1.82, 2.24) is 4.90 Å². The summed E-state index contributed by atoms with van der Waals surface area (Å²) < 4.78 is 12.0. The minimum absolute atomic E-state index is 0.00292. The molecular weight excluding hydrogens is 314 g/mol. The summed E-state index contributed by atoms with van der Waals surface area (Å²) in [5.41, 5.74) is 3.03. The Morgan fingerprint density at radius 3 is 2.44 bits per heavy atom. The number of rotatable bonds is 5. The van der Waals surface area contributed by atoms with Crippen molar-refractivity contribution in [2.75, 3.05) is 20.7 Å². The second-order valence-electron chi connectivity index (χ2n) is 6.34. The molecule has 2 aromatic carbocycles. The molecule has 1 heterocycles. The van der Waals surface area contributed by atoms with Gasteiger partial charge in [0.15, 0.2) is 5.43 Å². The zero-order valence-electron chi connectivity index (χ0n) is 15.1. The second kappa shape index (κ2) is 7.11. The van der Waals surface area contributed by atoms with E-state index in [-0.39, 0.29) is 5.43 Å². The first-order chi connectivity index (χ1) is 12.0. The van der Waals surface area contributed by atoms with Gasteiger partial charge < -0.3 is 14.1 Å². The molecule has 3 rings (SSSR count). The van der Waals surface area contributed by atoms with Crippen LogP contribution in [0.25, 0.3) is 22.3 Å². The molecule has 1 aromatic heterocycles. The van der Waals surface area contributed by atoms with Crippen molar-refractivity contribution in [3.8, 4) is 17.1 Å². The lowest BCUT2D eigenvalue weighted by Gasteiger charge is -2.17. The highest BCUT2D eigenvalue weighted by Crippen LogP contribution is 2.32. The predicted octanol–water partition coefficient (Wildman–Crippen LogP) is 4.23. The van der Waals surface area contributed by atoms with Gasteiger partial charge in [-0.2, -0.15) is 0 Å². The van der Waals surface area contributed by atoms with E-state index in [0.717, 1.165) is 16.9 Å². The molecule has 25 heavy (non-hydrogen) atoms. The molecule has 0 aliphatic rings. The molecule has 0 unspecified atom stereocenters. The Morgan fingerprint density at radius 1 is 1.08 bits per heavy atom. The van der Waals surface area contributed by atoms with Gasteiger partial charge in [-0.15, -0.1) is 0 Å². The number of ether oxygens (including phenoxy) is 1. The van der Waals surface area contributed by atoms with Crippen LogP contribution in [0.5, 0.6) is 5.75 Å². The maximum Gasteiger partial charge on any atom is 0.196 e. The first kappa shape index (κ1) is 17.2. The van der Waals surface area contributed by atoms with Crippen LogP contribution in [0, 0.1) is 6.92 Å². The summed E-state index contributed by atoms with van der Waals surface area (Å²) in [6.45, 7) is 4.96. The van der Waals surface area contributed by atoms with E-state index < -0.39 is 0 Å². The molecule has 0 bridgehead atoms. The molecule has 4 nitrogen and oxygen atoms in total. The van der Waals surface area contributed by atoms with Crippen molar-refractivity contribution < 1.29 is 9.15 Å². The lowest BCUT2D eigenvalue weighted by atomic mass is 10.0. The van der Waals surface area contributed by atoms with Gasteiger partial charge in [-0.05, 0) is 40.1 Å².